The van der Waals surface area contributed by atoms with Crippen molar-refractivity contribution in [2.24, 2.45) is 5.73 Å². The minimum atomic E-state index is 0.143. The Hall–Kier alpha value is -0.860. The molecule has 0 bridgehead atoms. The van der Waals surface area contributed by atoms with Crippen LogP contribution in [0.4, 0.5) is 0 Å². The van der Waals surface area contributed by atoms with Crippen LogP contribution >= 0.6 is 0 Å². The highest BCUT2D eigenvalue weighted by molar-refractivity contribution is 5.29. The van der Waals surface area contributed by atoms with Crippen LogP contribution in [0.3, 0.4) is 0 Å². The van der Waals surface area contributed by atoms with Gasteiger partial charge in [0.25, 0.3) is 0 Å². The van der Waals surface area contributed by atoms with Crippen molar-refractivity contribution < 1.29 is 0 Å². The van der Waals surface area contributed by atoms with Crippen LogP contribution in [0, 0.1) is 0 Å². The summed E-state index contributed by atoms with van der Waals surface area (Å²) >= 11 is 0. The van der Waals surface area contributed by atoms with E-state index in [0.29, 0.717) is 5.92 Å². The van der Waals surface area contributed by atoms with Gasteiger partial charge in [0.15, 0.2) is 0 Å². The van der Waals surface area contributed by atoms with E-state index >= 15 is 0 Å². The van der Waals surface area contributed by atoms with Crippen LogP contribution in [0.1, 0.15) is 36.4 Å². The maximum atomic E-state index is 5.90. The quantitative estimate of drug-likeness (QED) is 0.799. The number of benzene rings is 1. The second kappa shape index (κ2) is 4.33. The van der Waals surface area contributed by atoms with Gasteiger partial charge in [-0.15, -0.1) is 0 Å². The van der Waals surface area contributed by atoms with Crippen molar-refractivity contribution in [3.05, 3.63) is 35.4 Å². The Morgan fingerprint density at radius 2 is 2.27 bits per heavy atom. The molecule has 2 heteroatoms. The summed E-state index contributed by atoms with van der Waals surface area (Å²) < 4.78 is 0. The molecule has 1 aromatic rings. The van der Waals surface area contributed by atoms with Crippen LogP contribution in [0.2, 0.25) is 0 Å². The molecule has 82 valence electrons. The van der Waals surface area contributed by atoms with E-state index in [-0.39, 0.29) is 6.04 Å². The van der Waals surface area contributed by atoms with Gasteiger partial charge in [-0.25, -0.2) is 0 Å². The number of hydrogen-bond donors (Lipinski definition) is 1. The standard InChI is InChI=1S/C13H20N2/c1-10(14)11-4-3-5-12(8-11)13-6-7-15(2)9-13/h3-5,8,10,13H,6-7,9,14H2,1-2H3. The van der Waals surface area contributed by atoms with Gasteiger partial charge < -0.3 is 10.6 Å². The molecule has 0 radical (unpaired) electrons. The fourth-order valence-corrected chi connectivity index (χ4v) is 2.30. The third-order valence-electron chi connectivity index (χ3n) is 3.30. The maximum Gasteiger partial charge on any atom is 0.0266 e. The fraction of sp³-hybridized carbons (Fsp3) is 0.538. The molecular weight excluding hydrogens is 184 g/mol. The minimum Gasteiger partial charge on any atom is -0.324 e. The van der Waals surface area contributed by atoms with Gasteiger partial charge in [-0.2, -0.15) is 0 Å². The van der Waals surface area contributed by atoms with E-state index in [0.717, 1.165) is 0 Å². The predicted octanol–water partition coefficient (Wildman–Crippen LogP) is 2.13. The molecule has 15 heavy (non-hydrogen) atoms. The summed E-state index contributed by atoms with van der Waals surface area (Å²) in [7, 11) is 2.19. The van der Waals surface area contributed by atoms with E-state index in [4.69, 9.17) is 5.73 Å². The lowest BCUT2D eigenvalue weighted by Gasteiger charge is -2.13. The van der Waals surface area contributed by atoms with Crippen molar-refractivity contribution >= 4 is 0 Å². The summed E-state index contributed by atoms with van der Waals surface area (Å²) in [4.78, 5) is 2.39. The van der Waals surface area contributed by atoms with Crippen molar-refractivity contribution in [1.82, 2.24) is 4.90 Å². The Balaban J connectivity index is 2.18. The van der Waals surface area contributed by atoms with Crippen LogP contribution in [-0.2, 0) is 0 Å². The molecule has 2 nitrogen and oxygen atoms in total. The molecule has 1 aliphatic rings. The average Bonchev–Trinajstić information content (AvgIpc) is 2.65. The van der Waals surface area contributed by atoms with Crippen LogP contribution in [0.15, 0.2) is 24.3 Å². The van der Waals surface area contributed by atoms with Crippen LogP contribution < -0.4 is 5.73 Å². The Bertz CT molecular complexity index is 333. The molecule has 0 saturated carbocycles. The van der Waals surface area contributed by atoms with E-state index in [1.54, 1.807) is 0 Å². The molecule has 1 heterocycles. The van der Waals surface area contributed by atoms with Gasteiger partial charge in [-0.1, -0.05) is 24.3 Å². The first-order valence-corrected chi connectivity index (χ1v) is 5.71. The van der Waals surface area contributed by atoms with Gasteiger partial charge in [0.1, 0.15) is 0 Å². The van der Waals surface area contributed by atoms with Crippen molar-refractivity contribution in [1.29, 1.82) is 0 Å². The molecule has 0 aliphatic carbocycles. The zero-order valence-electron chi connectivity index (χ0n) is 9.61. The first-order valence-electron chi connectivity index (χ1n) is 5.71. The van der Waals surface area contributed by atoms with Crippen molar-refractivity contribution in [2.75, 3.05) is 20.1 Å². The third kappa shape index (κ3) is 2.39. The van der Waals surface area contributed by atoms with Crippen molar-refractivity contribution in [2.45, 2.75) is 25.3 Å². The Labute approximate surface area is 92.1 Å². The highest BCUT2D eigenvalue weighted by Crippen LogP contribution is 2.27. The van der Waals surface area contributed by atoms with Crippen molar-refractivity contribution in [3.63, 3.8) is 0 Å². The molecule has 2 unspecified atom stereocenters. The third-order valence-corrected chi connectivity index (χ3v) is 3.30. The predicted molar refractivity (Wildman–Crippen MR) is 63.9 cm³/mol. The van der Waals surface area contributed by atoms with Crippen molar-refractivity contribution in [3.8, 4) is 0 Å². The van der Waals surface area contributed by atoms with E-state index < -0.39 is 0 Å². The smallest absolute Gasteiger partial charge is 0.0266 e. The lowest BCUT2D eigenvalue weighted by Crippen LogP contribution is -2.13. The molecule has 0 amide bonds. The van der Waals surface area contributed by atoms with E-state index in [2.05, 4.69) is 36.2 Å². The molecule has 0 aromatic heterocycles. The molecular formula is C13H20N2. The highest BCUT2D eigenvalue weighted by atomic mass is 15.1. The number of likely N-dealkylation sites (N-methyl/N-ethyl adjacent to an activating group) is 1. The van der Waals surface area contributed by atoms with E-state index in [9.17, 15) is 0 Å². The fourth-order valence-electron chi connectivity index (χ4n) is 2.30. The van der Waals surface area contributed by atoms with Gasteiger partial charge in [-0.3, -0.25) is 0 Å². The minimum absolute atomic E-state index is 0.143. The summed E-state index contributed by atoms with van der Waals surface area (Å²) in [6.07, 6.45) is 1.28. The second-order valence-electron chi connectivity index (χ2n) is 4.71. The maximum absolute atomic E-state index is 5.90. The van der Waals surface area contributed by atoms with Gasteiger partial charge >= 0.3 is 0 Å². The Kier molecular flexibility index (Phi) is 3.08. The first kappa shape index (κ1) is 10.7. The summed E-state index contributed by atoms with van der Waals surface area (Å²) in [5, 5.41) is 0. The lowest BCUT2D eigenvalue weighted by atomic mass is 9.95. The van der Waals surface area contributed by atoms with Gasteiger partial charge in [0.05, 0.1) is 0 Å². The first-order chi connectivity index (χ1) is 7.16. The second-order valence-corrected chi connectivity index (χ2v) is 4.71. The molecule has 1 saturated heterocycles. The van der Waals surface area contributed by atoms with Gasteiger partial charge in [0.2, 0.25) is 0 Å². The summed E-state index contributed by atoms with van der Waals surface area (Å²) in [6, 6.07) is 8.90. The zero-order chi connectivity index (χ0) is 10.8. The highest BCUT2D eigenvalue weighted by Gasteiger charge is 2.21. The largest absolute Gasteiger partial charge is 0.324 e. The molecule has 2 atom stereocenters. The molecule has 2 rings (SSSR count). The summed E-state index contributed by atoms with van der Waals surface area (Å²) in [5.41, 5.74) is 8.60. The summed E-state index contributed by atoms with van der Waals surface area (Å²) in [5.74, 6) is 0.702. The molecule has 1 aromatic carbocycles. The molecule has 0 spiro atoms. The van der Waals surface area contributed by atoms with Gasteiger partial charge in [-0.05, 0) is 44.0 Å². The van der Waals surface area contributed by atoms with E-state index in [1.807, 2.05) is 6.92 Å². The summed E-state index contributed by atoms with van der Waals surface area (Å²) in [6.45, 7) is 4.44. The van der Waals surface area contributed by atoms with E-state index in [1.165, 1.54) is 30.6 Å². The Morgan fingerprint density at radius 3 is 2.87 bits per heavy atom. The van der Waals surface area contributed by atoms with Crippen LogP contribution in [-0.4, -0.2) is 25.0 Å². The number of nitrogens with two attached hydrogens (primary N) is 1. The number of nitrogens with zero attached hydrogens (tertiary/aromatic N) is 1. The zero-order valence-corrected chi connectivity index (χ0v) is 9.61. The van der Waals surface area contributed by atoms with Gasteiger partial charge in [0, 0.05) is 12.6 Å². The molecule has 1 aliphatic heterocycles. The molecule has 2 N–H and O–H groups in total. The normalized spacial score (nSPS) is 24.3. The molecule has 1 fully saturated rings. The number of rotatable bonds is 2. The Morgan fingerprint density at radius 1 is 1.47 bits per heavy atom. The monoisotopic (exact) mass is 204 g/mol. The SMILES string of the molecule is CC(N)c1cccc(C2CCN(C)C2)c1. The lowest BCUT2D eigenvalue weighted by molar-refractivity contribution is 0.411. The number of hydrogen-bond acceptors (Lipinski definition) is 2. The topological polar surface area (TPSA) is 29.3 Å². The average molecular weight is 204 g/mol. The number of likely N-dealkylation sites (tertiary alicyclic amines) is 1. The van der Waals surface area contributed by atoms with Crippen LogP contribution in [0.5, 0.6) is 0 Å². The van der Waals surface area contributed by atoms with Crippen LogP contribution in [0.25, 0.3) is 0 Å².